The number of ether oxygens (including phenoxy) is 1. The number of aromatic nitrogens is 6. The van der Waals surface area contributed by atoms with Gasteiger partial charge in [0, 0.05) is 36.0 Å². The largest absolute Gasteiger partial charge is 0.497 e. The van der Waals surface area contributed by atoms with Crippen LogP contribution in [0.1, 0.15) is 0 Å². The highest BCUT2D eigenvalue weighted by Gasteiger charge is 2.09. The first-order chi connectivity index (χ1) is 13.1. The van der Waals surface area contributed by atoms with Crippen LogP contribution in [-0.4, -0.2) is 42.8 Å². The average molecular weight is 363 g/mol. The second-order valence-corrected chi connectivity index (χ2v) is 5.98. The van der Waals surface area contributed by atoms with Gasteiger partial charge >= 0.3 is 0 Å². The van der Waals surface area contributed by atoms with Gasteiger partial charge in [-0.3, -0.25) is 14.5 Å². The van der Waals surface area contributed by atoms with Crippen LogP contribution in [0.5, 0.6) is 5.75 Å². The molecule has 27 heavy (non-hydrogen) atoms. The number of pyridine rings is 1. The highest BCUT2D eigenvalue weighted by molar-refractivity contribution is 5.89. The Balaban J connectivity index is 1.51. The number of aryl methyl sites for hydroxylation is 1. The van der Waals surface area contributed by atoms with E-state index in [9.17, 15) is 4.79 Å². The molecule has 0 atom stereocenters. The van der Waals surface area contributed by atoms with E-state index in [0.29, 0.717) is 5.82 Å². The Morgan fingerprint density at radius 3 is 2.81 bits per heavy atom. The second-order valence-electron chi connectivity index (χ2n) is 5.98. The summed E-state index contributed by atoms with van der Waals surface area (Å²) in [5.74, 6) is 0.951. The van der Waals surface area contributed by atoms with Crippen LogP contribution in [0.25, 0.3) is 22.0 Å². The molecule has 0 spiro atoms. The predicted octanol–water partition coefficient (Wildman–Crippen LogP) is 1.87. The van der Waals surface area contributed by atoms with Gasteiger partial charge in [-0.2, -0.15) is 15.0 Å². The Bertz CT molecular complexity index is 1120. The van der Waals surface area contributed by atoms with Gasteiger partial charge in [-0.1, -0.05) is 0 Å². The third-order valence-corrected chi connectivity index (χ3v) is 4.03. The molecular weight excluding hydrogens is 346 g/mol. The van der Waals surface area contributed by atoms with E-state index in [-0.39, 0.29) is 12.5 Å². The van der Waals surface area contributed by atoms with Crippen LogP contribution in [0, 0.1) is 0 Å². The Morgan fingerprint density at radius 1 is 1.15 bits per heavy atom. The van der Waals surface area contributed by atoms with E-state index in [1.165, 1.54) is 11.0 Å². The zero-order valence-corrected chi connectivity index (χ0v) is 14.8. The minimum absolute atomic E-state index is 0.0748. The number of fused-ring (bicyclic) bond motifs is 1. The number of hydrogen-bond donors (Lipinski definition) is 1. The lowest BCUT2D eigenvalue weighted by Gasteiger charge is -2.04. The number of carbonyl (C=O) groups excluding carboxylic acids is 1. The van der Waals surface area contributed by atoms with Crippen molar-refractivity contribution in [2.24, 2.45) is 7.05 Å². The Labute approximate surface area is 154 Å². The Kier molecular flexibility index (Phi) is 4.25. The van der Waals surface area contributed by atoms with Gasteiger partial charge in [0.15, 0.2) is 5.82 Å². The van der Waals surface area contributed by atoms with Crippen molar-refractivity contribution in [3.05, 3.63) is 49.1 Å². The molecule has 0 bridgehead atoms. The molecule has 0 aliphatic carbocycles. The first kappa shape index (κ1) is 16.7. The fraction of sp³-hybridized carbons (Fsp3) is 0.167. The fourth-order valence-electron chi connectivity index (χ4n) is 2.73. The molecule has 1 amide bonds. The van der Waals surface area contributed by atoms with Crippen LogP contribution in [0.15, 0.2) is 49.1 Å². The minimum Gasteiger partial charge on any atom is -0.497 e. The summed E-state index contributed by atoms with van der Waals surface area (Å²) in [6, 6.07) is 7.75. The van der Waals surface area contributed by atoms with Crippen molar-refractivity contribution in [1.29, 1.82) is 0 Å². The molecule has 1 N–H and O–H groups in total. The molecule has 136 valence electrons. The molecule has 1 aromatic carbocycles. The first-order valence-electron chi connectivity index (χ1n) is 8.23. The number of methoxy groups -OCH3 is 1. The molecule has 9 heteroatoms. The zero-order chi connectivity index (χ0) is 18.8. The number of benzene rings is 1. The van der Waals surface area contributed by atoms with Gasteiger partial charge < -0.3 is 10.1 Å². The molecule has 0 saturated carbocycles. The van der Waals surface area contributed by atoms with Crippen molar-refractivity contribution in [2.45, 2.75) is 6.54 Å². The molecule has 0 aliphatic heterocycles. The molecule has 0 saturated heterocycles. The maximum atomic E-state index is 12.1. The molecule has 9 nitrogen and oxygen atoms in total. The summed E-state index contributed by atoms with van der Waals surface area (Å²) in [5, 5.41) is 15.8. The molecular formula is C18H17N7O2. The summed E-state index contributed by atoms with van der Waals surface area (Å²) in [4.78, 5) is 18.0. The summed E-state index contributed by atoms with van der Waals surface area (Å²) in [7, 11) is 3.32. The third-order valence-electron chi connectivity index (χ3n) is 4.03. The number of nitrogens with zero attached hydrogens (tertiary/aromatic N) is 6. The highest BCUT2D eigenvalue weighted by Crippen LogP contribution is 2.25. The van der Waals surface area contributed by atoms with E-state index >= 15 is 0 Å². The number of hydrogen-bond acceptors (Lipinski definition) is 6. The molecule has 0 radical (unpaired) electrons. The van der Waals surface area contributed by atoms with Gasteiger partial charge in [-0.25, -0.2) is 0 Å². The number of anilines is 1. The molecule has 0 fully saturated rings. The molecule has 3 aromatic heterocycles. The van der Waals surface area contributed by atoms with Crippen LogP contribution in [-0.2, 0) is 18.4 Å². The third kappa shape index (κ3) is 3.61. The molecule has 4 rings (SSSR count). The maximum absolute atomic E-state index is 12.1. The average Bonchev–Trinajstić information content (AvgIpc) is 3.29. The number of rotatable bonds is 5. The molecule has 3 heterocycles. The molecule has 4 aromatic rings. The van der Waals surface area contributed by atoms with Crippen molar-refractivity contribution in [3.63, 3.8) is 0 Å². The second kappa shape index (κ2) is 6.87. The lowest BCUT2D eigenvalue weighted by Crippen LogP contribution is -2.19. The van der Waals surface area contributed by atoms with Crippen LogP contribution in [0.2, 0.25) is 0 Å². The van der Waals surface area contributed by atoms with Crippen molar-refractivity contribution >= 4 is 22.6 Å². The van der Waals surface area contributed by atoms with Gasteiger partial charge in [-0.15, -0.1) is 5.10 Å². The molecule has 0 aliphatic rings. The summed E-state index contributed by atoms with van der Waals surface area (Å²) in [5.41, 5.74) is 2.67. The summed E-state index contributed by atoms with van der Waals surface area (Å²) < 4.78 is 6.83. The fourth-order valence-corrected chi connectivity index (χ4v) is 2.73. The van der Waals surface area contributed by atoms with Crippen molar-refractivity contribution in [3.8, 4) is 16.9 Å². The van der Waals surface area contributed by atoms with E-state index < -0.39 is 0 Å². The van der Waals surface area contributed by atoms with Gasteiger partial charge in [0.25, 0.3) is 0 Å². The van der Waals surface area contributed by atoms with Crippen LogP contribution < -0.4 is 10.1 Å². The monoisotopic (exact) mass is 363 g/mol. The molecule has 0 unspecified atom stereocenters. The van der Waals surface area contributed by atoms with E-state index in [0.717, 1.165) is 27.8 Å². The van der Waals surface area contributed by atoms with Gasteiger partial charge in [0.1, 0.15) is 12.3 Å². The quantitative estimate of drug-likeness (QED) is 0.581. The lowest BCUT2D eigenvalue weighted by molar-refractivity contribution is -0.116. The highest BCUT2D eigenvalue weighted by atomic mass is 16.5. The predicted molar refractivity (Wildman–Crippen MR) is 99.1 cm³/mol. The van der Waals surface area contributed by atoms with E-state index in [2.05, 4.69) is 25.6 Å². The van der Waals surface area contributed by atoms with Crippen LogP contribution >= 0.6 is 0 Å². The normalized spacial score (nSPS) is 10.9. The summed E-state index contributed by atoms with van der Waals surface area (Å²) >= 11 is 0. The van der Waals surface area contributed by atoms with E-state index in [1.54, 1.807) is 37.4 Å². The van der Waals surface area contributed by atoms with Gasteiger partial charge in [0.05, 0.1) is 25.0 Å². The van der Waals surface area contributed by atoms with Crippen molar-refractivity contribution in [2.75, 3.05) is 12.4 Å². The first-order valence-corrected chi connectivity index (χ1v) is 8.23. The SMILES string of the molecule is COc1ccc2ncc(-c3cnn(CC(=O)Nc4cnn(C)n4)c3)cc2c1. The Morgan fingerprint density at radius 2 is 2.04 bits per heavy atom. The smallest absolute Gasteiger partial charge is 0.247 e. The number of carbonyl (C=O) groups is 1. The number of nitrogens with one attached hydrogen (secondary N) is 1. The lowest BCUT2D eigenvalue weighted by atomic mass is 10.1. The summed E-state index contributed by atoms with van der Waals surface area (Å²) in [6.45, 7) is 0.0748. The van der Waals surface area contributed by atoms with E-state index in [1.807, 2.05) is 24.3 Å². The Hall–Kier alpha value is -3.75. The number of amides is 1. The summed E-state index contributed by atoms with van der Waals surface area (Å²) in [6.07, 6.45) is 6.79. The van der Waals surface area contributed by atoms with Crippen molar-refractivity contribution in [1.82, 2.24) is 29.8 Å². The van der Waals surface area contributed by atoms with E-state index in [4.69, 9.17) is 4.74 Å². The standard InChI is InChI=1S/C18H17N7O2/c1-24-20-9-17(23-24)22-18(26)11-25-10-14(8-21-25)13-5-12-6-15(27-2)3-4-16(12)19-7-13/h3-10H,11H2,1-2H3,(H,22,23,26). The van der Waals surface area contributed by atoms with Gasteiger partial charge in [0.2, 0.25) is 5.91 Å². The topological polar surface area (TPSA) is 99.8 Å². The van der Waals surface area contributed by atoms with Crippen molar-refractivity contribution < 1.29 is 9.53 Å². The van der Waals surface area contributed by atoms with Crippen LogP contribution in [0.3, 0.4) is 0 Å². The van der Waals surface area contributed by atoms with Crippen LogP contribution in [0.4, 0.5) is 5.82 Å². The zero-order valence-electron chi connectivity index (χ0n) is 14.8. The minimum atomic E-state index is -0.230. The van der Waals surface area contributed by atoms with Gasteiger partial charge in [-0.05, 0) is 24.3 Å². The maximum Gasteiger partial charge on any atom is 0.247 e.